The van der Waals surface area contributed by atoms with E-state index in [-0.39, 0.29) is 0 Å². The van der Waals surface area contributed by atoms with Crippen molar-refractivity contribution in [2.24, 2.45) is 12.0 Å². The molecule has 0 bridgehead atoms. The van der Waals surface area contributed by atoms with Gasteiger partial charge in [-0.25, -0.2) is 15.0 Å². The van der Waals surface area contributed by atoms with Gasteiger partial charge in [0.25, 0.3) is 0 Å². The summed E-state index contributed by atoms with van der Waals surface area (Å²) in [6, 6.07) is 8.21. The molecular weight excluding hydrogens is 384 g/mol. The van der Waals surface area contributed by atoms with E-state index in [2.05, 4.69) is 56.0 Å². The van der Waals surface area contributed by atoms with E-state index in [4.69, 9.17) is 9.98 Å². The van der Waals surface area contributed by atoms with Gasteiger partial charge >= 0.3 is 0 Å². The largest absolute Gasteiger partial charge is 0.357 e. The van der Waals surface area contributed by atoms with Gasteiger partial charge in [-0.05, 0) is 19.1 Å². The Kier molecular flexibility index (Phi) is 5.94. The van der Waals surface area contributed by atoms with E-state index in [9.17, 15) is 0 Å². The van der Waals surface area contributed by atoms with Gasteiger partial charge in [-0.15, -0.1) is 0 Å². The van der Waals surface area contributed by atoms with Crippen molar-refractivity contribution in [2.45, 2.75) is 26.8 Å². The predicted octanol–water partition coefficient (Wildman–Crippen LogP) is 2.27. The quantitative estimate of drug-likeness (QED) is 0.512. The Hall–Kier alpha value is -2.68. The van der Waals surface area contributed by atoms with Gasteiger partial charge in [-0.3, -0.25) is 0 Å². The SMILES string of the molecule is CCNC(=NCc1nc2ccccc2n1C)N1CCN(c2nc(CC)ns2)CC1. The van der Waals surface area contributed by atoms with E-state index in [0.29, 0.717) is 6.54 Å². The molecule has 29 heavy (non-hydrogen) atoms. The van der Waals surface area contributed by atoms with Gasteiger partial charge in [0, 0.05) is 57.7 Å². The van der Waals surface area contributed by atoms with Crippen LogP contribution in [0.15, 0.2) is 29.3 Å². The molecule has 3 heterocycles. The van der Waals surface area contributed by atoms with Gasteiger partial charge in [-0.1, -0.05) is 19.1 Å². The third kappa shape index (κ3) is 4.19. The summed E-state index contributed by atoms with van der Waals surface area (Å²) in [5.41, 5.74) is 2.15. The minimum Gasteiger partial charge on any atom is -0.357 e. The number of aromatic nitrogens is 4. The van der Waals surface area contributed by atoms with Crippen LogP contribution in [0.2, 0.25) is 0 Å². The summed E-state index contributed by atoms with van der Waals surface area (Å²) in [5.74, 6) is 2.86. The molecule has 8 nitrogen and oxygen atoms in total. The molecular formula is C20H28N8S. The number of nitrogens with one attached hydrogen (secondary N) is 1. The first-order valence-electron chi connectivity index (χ1n) is 10.2. The van der Waals surface area contributed by atoms with Crippen LogP contribution in [0.1, 0.15) is 25.5 Å². The highest BCUT2D eigenvalue weighted by atomic mass is 32.1. The van der Waals surface area contributed by atoms with Crippen LogP contribution in [-0.4, -0.2) is 62.5 Å². The van der Waals surface area contributed by atoms with Crippen molar-refractivity contribution >= 4 is 33.7 Å². The first-order chi connectivity index (χ1) is 14.2. The fourth-order valence-corrected chi connectivity index (χ4v) is 4.34. The molecule has 0 aliphatic carbocycles. The Labute approximate surface area is 175 Å². The number of aryl methyl sites for hydroxylation is 2. The topological polar surface area (TPSA) is 74.5 Å². The number of nitrogens with zero attached hydrogens (tertiary/aromatic N) is 7. The molecule has 0 atom stereocenters. The molecule has 0 saturated carbocycles. The average molecular weight is 413 g/mol. The van der Waals surface area contributed by atoms with E-state index < -0.39 is 0 Å². The highest BCUT2D eigenvalue weighted by molar-refractivity contribution is 7.09. The summed E-state index contributed by atoms with van der Waals surface area (Å²) in [6.45, 7) is 9.28. The van der Waals surface area contributed by atoms with Crippen molar-refractivity contribution in [3.8, 4) is 0 Å². The van der Waals surface area contributed by atoms with E-state index in [1.165, 1.54) is 11.5 Å². The lowest BCUT2D eigenvalue weighted by molar-refractivity contribution is 0.372. The zero-order valence-electron chi connectivity index (χ0n) is 17.3. The van der Waals surface area contributed by atoms with E-state index in [0.717, 1.165) is 72.9 Å². The lowest BCUT2D eigenvalue weighted by Gasteiger charge is -2.36. The Morgan fingerprint density at radius 1 is 1.14 bits per heavy atom. The highest BCUT2D eigenvalue weighted by Gasteiger charge is 2.22. The highest BCUT2D eigenvalue weighted by Crippen LogP contribution is 2.19. The molecule has 1 saturated heterocycles. The molecule has 0 amide bonds. The second-order valence-electron chi connectivity index (χ2n) is 7.07. The van der Waals surface area contributed by atoms with E-state index in [1.54, 1.807) is 0 Å². The number of fused-ring (bicyclic) bond motifs is 1. The number of rotatable bonds is 5. The van der Waals surface area contributed by atoms with Crippen LogP contribution in [0.5, 0.6) is 0 Å². The average Bonchev–Trinajstić information content (AvgIpc) is 3.36. The molecule has 4 rings (SSSR count). The third-order valence-corrected chi connectivity index (χ3v) is 6.02. The Morgan fingerprint density at radius 3 is 2.62 bits per heavy atom. The molecule has 2 aromatic heterocycles. The Bertz CT molecular complexity index is 983. The second kappa shape index (κ2) is 8.77. The van der Waals surface area contributed by atoms with Gasteiger partial charge in [0.2, 0.25) is 5.13 Å². The molecule has 3 aromatic rings. The summed E-state index contributed by atoms with van der Waals surface area (Å²) in [4.78, 5) is 18.9. The summed E-state index contributed by atoms with van der Waals surface area (Å²) in [5, 5.41) is 4.47. The number of guanidine groups is 1. The van der Waals surface area contributed by atoms with Crippen molar-refractivity contribution in [1.29, 1.82) is 0 Å². The van der Waals surface area contributed by atoms with Crippen LogP contribution < -0.4 is 10.2 Å². The van der Waals surface area contributed by atoms with Crippen LogP contribution in [0, 0.1) is 0 Å². The maximum atomic E-state index is 4.88. The van der Waals surface area contributed by atoms with Crippen LogP contribution in [-0.2, 0) is 20.0 Å². The molecule has 1 N–H and O–H groups in total. The molecule has 0 radical (unpaired) electrons. The number of benzene rings is 1. The molecule has 0 unspecified atom stereocenters. The molecule has 1 aromatic carbocycles. The monoisotopic (exact) mass is 412 g/mol. The summed E-state index contributed by atoms with van der Waals surface area (Å²) in [7, 11) is 2.05. The molecule has 154 valence electrons. The molecule has 0 spiro atoms. The van der Waals surface area contributed by atoms with Crippen LogP contribution in [0.25, 0.3) is 11.0 Å². The van der Waals surface area contributed by atoms with Gasteiger partial charge in [0.05, 0.1) is 11.0 Å². The number of anilines is 1. The first kappa shape index (κ1) is 19.6. The van der Waals surface area contributed by atoms with Crippen molar-refractivity contribution < 1.29 is 0 Å². The number of hydrogen-bond acceptors (Lipinski definition) is 6. The van der Waals surface area contributed by atoms with Crippen LogP contribution >= 0.6 is 11.5 Å². The minimum absolute atomic E-state index is 0.560. The first-order valence-corrected chi connectivity index (χ1v) is 11.0. The van der Waals surface area contributed by atoms with Gasteiger partial charge in [-0.2, -0.15) is 4.37 Å². The van der Waals surface area contributed by atoms with Crippen molar-refractivity contribution in [1.82, 2.24) is 29.1 Å². The zero-order valence-corrected chi connectivity index (χ0v) is 18.1. The Morgan fingerprint density at radius 2 is 1.93 bits per heavy atom. The molecule has 1 fully saturated rings. The van der Waals surface area contributed by atoms with E-state index in [1.807, 2.05) is 18.2 Å². The van der Waals surface area contributed by atoms with Crippen molar-refractivity contribution in [3.63, 3.8) is 0 Å². The number of imidazole rings is 1. The molecule has 1 aliphatic rings. The van der Waals surface area contributed by atoms with E-state index >= 15 is 0 Å². The number of piperazine rings is 1. The molecule has 1 aliphatic heterocycles. The number of para-hydroxylation sites is 2. The Balaban J connectivity index is 1.44. The van der Waals surface area contributed by atoms with Crippen LogP contribution in [0.3, 0.4) is 0 Å². The smallest absolute Gasteiger partial charge is 0.205 e. The normalized spacial score (nSPS) is 15.3. The standard InChI is InChI=1S/C20H28N8S/c1-4-17-24-20(29-25-17)28-12-10-27(11-13-28)19(21-5-2)22-14-18-23-15-8-6-7-9-16(15)26(18)3/h6-9H,4-5,10-14H2,1-3H3,(H,21,22). The van der Waals surface area contributed by atoms with Crippen LogP contribution in [0.4, 0.5) is 5.13 Å². The number of aliphatic imine (C=N–C) groups is 1. The molecule has 9 heteroatoms. The summed E-state index contributed by atoms with van der Waals surface area (Å²) >= 11 is 1.50. The summed E-state index contributed by atoms with van der Waals surface area (Å²) < 4.78 is 6.54. The van der Waals surface area contributed by atoms with Gasteiger partial charge < -0.3 is 19.7 Å². The maximum Gasteiger partial charge on any atom is 0.205 e. The zero-order chi connectivity index (χ0) is 20.2. The lowest BCUT2D eigenvalue weighted by atomic mass is 10.3. The predicted molar refractivity (Wildman–Crippen MR) is 119 cm³/mol. The lowest BCUT2D eigenvalue weighted by Crippen LogP contribution is -2.52. The van der Waals surface area contributed by atoms with Gasteiger partial charge in [0.15, 0.2) is 5.96 Å². The summed E-state index contributed by atoms with van der Waals surface area (Å²) in [6.07, 6.45) is 0.885. The maximum absolute atomic E-state index is 4.88. The fourth-order valence-electron chi connectivity index (χ4n) is 3.53. The van der Waals surface area contributed by atoms with Gasteiger partial charge in [0.1, 0.15) is 18.2 Å². The van der Waals surface area contributed by atoms with Crippen molar-refractivity contribution in [2.75, 3.05) is 37.6 Å². The fraction of sp³-hybridized carbons (Fsp3) is 0.500. The number of hydrogen-bond donors (Lipinski definition) is 1. The minimum atomic E-state index is 0.560. The van der Waals surface area contributed by atoms with Crippen molar-refractivity contribution in [3.05, 3.63) is 35.9 Å². The third-order valence-electron chi connectivity index (χ3n) is 5.21. The second-order valence-corrected chi connectivity index (χ2v) is 7.80.